The normalized spacial score (nSPS) is 14.0. The van der Waals surface area contributed by atoms with Crippen molar-refractivity contribution in [2.45, 2.75) is 11.3 Å². The molecule has 0 bridgehead atoms. The van der Waals surface area contributed by atoms with Crippen molar-refractivity contribution in [3.05, 3.63) is 58.6 Å². The minimum absolute atomic E-state index is 0.164. The molecule has 2 aromatic rings. The molecular formula is C21H22Cl2N2O3S. The molecule has 1 fully saturated rings. The Morgan fingerprint density at radius 2 is 1.76 bits per heavy atom. The Bertz CT molecular complexity index is 857. The van der Waals surface area contributed by atoms with Crippen LogP contribution in [0.5, 0.6) is 0 Å². The maximum Gasteiger partial charge on any atom is 0.307 e. The summed E-state index contributed by atoms with van der Waals surface area (Å²) in [5, 5.41) is 1.36. The largest absolute Gasteiger partial charge is 0.456 e. The van der Waals surface area contributed by atoms with Crippen LogP contribution in [0, 0.1) is 0 Å². The van der Waals surface area contributed by atoms with E-state index in [9.17, 15) is 9.59 Å². The summed E-state index contributed by atoms with van der Waals surface area (Å²) in [6.45, 7) is 2.40. The number of carbonyl (C=O) groups excluding carboxylic acids is 2. The molecule has 0 N–H and O–H groups in total. The van der Waals surface area contributed by atoms with Crippen LogP contribution in [-0.4, -0.2) is 55.3 Å². The number of carbonyl (C=O) groups is 2. The molecule has 0 aliphatic carbocycles. The molecule has 0 unspecified atom stereocenters. The van der Waals surface area contributed by atoms with E-state index in [1.807, 2.05) is 48.5 Å². The fraction of sp³-hybridized carbons (Fsp3) is 0.333. The summed E-state index contributed by atoms with van der Waals surface area (Å²) >= 11 is 13.6. The van der Waals surface area contributed by atoms with Gasteiger partial charge < -0.3 is 14.5 Å². The van der Waals surface area contributed by atoms with E-state index >= 15 is 0 Å². The van der Waals surface area contributed by atoms with E-state index in [1.165, 1.54) is 11.8 Å². The molecule has 154 valence electrons. The lowest BCUT2D eigenvalue weighted by molar-refractivity contribution is -0.151. The van der Waals surface area contributed by atoms with Gasteiger partial charge in [-0.05, 0) is 30.3 Å². The van der Waals surface area contributed by atoms with Crippen LogP contribution in [0.3, 0.4) is 0 Å². The fourth-order valence-electron chi connectivity index (χ4n) is 3.00. The van der Waals surface area contributed by atoms with Crippen molar-refractivity contribution in [3.63, 3.8) is 0 Å². The molecule has 0 aromatic heterocycles. The van der Waals surface area contributed by atoms with Crippen molar-refractivity contribution in [1.29, 1.82) is 0 Å². The average Bonchev–Trinajstić information content (AvgIpc) is 2.73. The highest BCUT2D eigenvalue weighted by Gasteiger charge is 2.22. The van der Waals surface area contributed by atoms with Gasteiger partial charge in [0.2, 0.25) is 0 Å². The Hall–Kier alpha value is -1.89. The number of anilines is 1. The molecule has 2 aromatic carbocycles. The number of benzene rings is 2. The lowest BCUT2D eigenvalue weighted by Crippen LogP contribution is -2.49. The van der Waals surface area contributed by atoms with Gasteiger partial charge in [-0.1, -0.05) is 41.4 Å². The molecule has 0 atom stereocenters. The van der Waals surface area contributed by atoms with Gasteiger partial charge in [0, 0.05) is 47.5 Å². The van der Waals surface area contributed by atoms with Gasteiger partial charge in [0.15, 0.2) is 6.61 Å². The summed E-state index contributed by atoms with van der Waals surface area (Å²) in [5.74, 6) is 0.00744. The minimum atomic E-state index is -0.379. The molecule has 1 amide bonds. The van der Waals surface area contributed by atoms with Crippen LogP contribution in [0.15, 0.2) is 53.4 Å². The summed E-state index contributed by atoms with van der Waals surface area (Å²) < 4.78 is 5.14. The topological polar surface area (TPSA) is 49.9 Å². The molecule has 8 heteroatoms. The Morgan fingerprint density at radius 1 is 1.00 bits per heavy atom. The molecule has 1 saturated heterocycles. The summed E-state index contributed by atoms with van der Waals surface area (Å²) in [5.41, 5.74) is 1.05. The number of rotatable bonds is 7. The van der Waals surface area contributed by atoms with E-state index in [1.54, 1.807) is 4.90 Å². The van der Waals surface area contributed by atoms with Gasteiger partial charge in [0.25, 0.3) is 5.91 Å². The van der Waals surface area contributed by atoms with E-state index in [4.69, 9.17) is 27.9 Å². The maximum absolute atomic E-state index is 12.3. The predicted octanol–water partition coefficient (Wildman–Crippen LogP) is 4.37. The number of thioether (sulfide) groups is 1. The predicted molar refractivity (Wildman–Crippen MR) is 118 cm³/mol. The summed E-state index contributed by atoms with van der Waals surface area (Å²) in [7, 11) is 0. The molecule has 3 rings (SSSR count). The van der Waals surface area contributed by atoms with E-state index in [-0.39, 0.29) is 24.9 Å². The second kappa shape index (κ2) is 10.8. The Kier molecular flexibility index (Phi) is 8.09. The van der Waals surface area contributed by atoms with Gasteiger partial charge in [-0.15, -0.1) is 11.8 Å². The third-order valence-corrected chi connectivity index (χ3v) is 6.31. The smallest absolute Gasteiger partial charge is 0.307 e. The number of piperazine rings is 1. The third kappa shape index (κ3) is 6.56. The monoisotopic (exact) mass is 452 g/mol. The number of hydrogen-bond donors (Lipinski definition) is 0. The SMILES string of the molecule is O=C(CCSc1ccccc1Cl)OCC(=O)N1CCN(c2cccc(Cl)c2)CC1. The number of nitrogens with zero attached hydrogens (tertiary/aromatic N) is 2. The molecule has 5 nitrogen and oxygen atoms in total. The number of hydrogen-bond acceptors (Lipinski definition) is 5. The first-order valence-corrected chi connectivity index (χ1v) is 11.1. The first-order valence-electron chi connectivity index (χ1n) is 9.34. The van der Waals surface area contributed by atoms with Crippen molar-refractivity contribution >= 4 is 52.5 Å². The molecule has 1 heterocycles. The first kappa shape index (κ1) is 21.8. The second-order valence-electron chi connectivity index (χ2n) is 6.54. The van der Waals surface area contributed by atoms with Gasteiger partial charge in [0.1, 0.15) is 0 Å². The Balaban J connectivity index is 1.35. The summed E-state index contributed by atoms with van der Waals surface area (Å²) in [6, 6.07) is 15.2. The van der Waals surface area contributed by atoms with Crippen LogP contribution in [0.25, 0.3) is 0 Å². The van der Waals surface area contributed by atoms with Crippen molar-refractivity contribution in [2.75, 3.05) is 43.4 Å². The van der Waals surface area contributed by atoms with Gasteiger partial charge in [-0.2, -0.15) is 0 Å². The van der Waals surface area contributed by atoms with Crippen molar-refractivity contribution in [3.8, 4) is 0 Å². The number of halogens is 2. The van der Waals surface area contributed by atoms with E-state index in [2.05, 4.69) is 4.90 Å². The highest BCUT2D eigenvalue weighted by molar-refractivity contribution is 7.99. The van der Waals surface area contributed by atoms with Crippen LogP contribution in [0.4, 0.5) is 5.69 Å². The first-order chi connectivity index (χ1) is 14.0. The molecule has 0 saturated carbocycles. The van der Waals surface area contributed by atoms with Gasteiger partial charge in [-0.25, -0.2) is 0 Å². The van der Waals surface area contributed by atoms with Gasteiger partial charge in [0.05, 0.1) is 11.4 Å². The number of amides is 1. The second-order valence-corrected chi connectivity index (χ2v) is 8.52. The Labute approximate surface area is 184 Å². The number of ether oxygens (including phenoxy) is 1. The van der Waals surface area contributed by atoms with E-state index < -0.39 is 0 Å². The van der Waals surface area contributed by atoms with Gasteiger partial charge >= 0.3 is 5.97 Å². The maximum atomic E-state index is 12.3. The van der Waals surface area contributed by atoms with E-state index in [0.717, 1.165) is 10.6 Å². The number of esters is 1. The highest BCUT2D eigenvalue weighted by atomic mass is 35.5. The lowest BCUT2D eigenvalue weighted by Gasteiger charge is -2.36. The molecular weight excluding hydrogens is 431 g/mol. The zero-order chi connectivity index (χ0) is 20.6. The van der Waals surface area contributed by atoms with Crippen LogP contribution in [-0.2, 0) is 14.3 Å². The van der Waals surface area contributed by atoms with E-state index in [0.29, 0.717) is 42.0 Å². The molecule has 0 radical (unpaired) electrons. The molecule has 0 spiro atoms. The standard InChI is InChI=1S/C21H22Cl2N2O3S/c22-16-4-3-5-17(14-16)24-9-11-25(12-10-24)20(26)15-28-21(27)8-13-29-19-7-2-1-6-18(19)23/h1-7,14H,8-13,15H2. The van der Waals surface area contributed by atoms with Crippen LogP contribution >= 0.6 is 35.0 Å². The summed E-state index contributed by atoms with van der Waals surface area (Å²) in [4.78, 5) is 29.1. The zero-order valence-corrected chi connectivity index (χ0v) is 18.2. The zero-order valence-electron chi connectivity index (χ0n) is 15.9. The summed E-state index contributed by atoms with van der Waals surface area (Å²) in [6.07, 6.45) is 0.228. The quantitative estimate of drug-likeness (QED) is 0.461. The van der Waals surface area contributed by atoms with Crippen LogP contribution in [0.2, 0.25) is 10.0 Å². The minimum Gasteiger partial charge on any atom is -0.456 e. The van der Waals surface area contributed by atoms with Crippen LogP contribution in [0.1, 0.15) is 6.42 Å². The molecule has 1 aliphatic rings. The van der Waals surface area contributed by atoms with Crippen molar-refractivity contribution in [2.24, 2.45) is 0 Å². The fourth-order valence-corrected chi connectivity index (χ4v) is 4.35. The Morgan fingerprint density at radius 3 is 2.48 bits per heavy atom. The third-order valence-electron chi connectivity index (χ3n) is 4.56. The van der Waals surface area contributed by atoms with Crippen molar-refractivity contribution < 1.29 is 14.3 Å². The van der Waals surface area contributed by atoms with Gasteiger partial charge in [-0.3, -0.25) is 9.59 Å². The highest BCUT2D eigenvalue weighted by Crippen LogP contribution is 2.27. The average molecular weight is 453 g/mol. The molecule has 29 heavy (non-hydrogen) atoms. The van der Waals surface area contributed by atoms with Crippen LogP contribution < -0.4 is 4.90 Å². The van der Waals surface area contributed by atoms with Crippen molar-refractivity contribution in [1.82, 2.24) is 4.90 Å². The lowest BCUT2D eigenvalue weighted by atomic mass is 10.2. The molecule has 1 aliphatic heterocycles.